The average Bonchev–Trinajstić information content (AvgIpc) is 3.32. The number of amides is 1. The number of anilines is 1. The van der Waals surface area contributed by atoms with Crippen LogP contribution in [-0.2, 0) is 9.59 Å². The summed E-state index contributed by atoms with van der Waals surface area (Å²) in [5.41, 5.74) is 0.847. The number of nitrogens with zero attached hydrogens (tertiary/aromatic N) is 3. The maximum atomic E-state index is 13.9. The number of carbonyl (C=O) groups is 2. The summed E-state index contributed by atoms with van der Waals surface area (Å²) in [7, 11) is 0. The van der Waals surface area contributed by atoms with E-state index in [1.807, 2.05) is 0 Å². The van der Waals surface area contributed by atoms with Crippen molar-refractivity contribution in [2.24, 2.45) is 0 Å². The first-order chi connectivity index (χ1) is 15.8. The highest BCUT2D eigenvalue weighted by atomic mass is 35.5. The van der Waals surface area contributed by atoms with Crippen molar-refractivity contribution in [2.45, 2.75) is 6.04 Å². The third-order valence-electron chi connectivity index (χ3n) is 5.21. The van der Waals surface area contributed by atoms with E-state index >= 15 is 0 Å². The molecule has 0 radical (unpaired) electrons. The summed E-state index contributed by atoms with van der Waals surface area (Å²) < 4.78 is 27.7. The van der Waals surface area contributed by atoms with E-state index in [1.165, 1.54) is 36.7 Å². The number of aliphatic hydroxyl groups excluding tert-OH is 1. The van der Waals surface area contributed by atoms with Crippen LogP contribution >= 0.6 is 22.9 Å². The maximum Gasteiger partial charge on any atom is 0.301 e. The minimum absolute atomic E-state index is 0.122. The first kappa shape index (κ1) is 21.2. The lowest BCUT2D eigenvalue weighted by molar-refractivity contribution is -0.132. The number of rotatable bonds is 3. The molecule has 33 heavy (non-hydrogen) atoms. The van der Waals surface area contributed by atoms with Crippen LogP contribution in [0.15, 0.2) is 66.5 Å². The Bertz CT molecular complexity index is 1420. The Hall–Kier alpha value is -3.69. The SMILES string of the molecule is O=C1C(=O)N(c2nc3cc(Cl)c(F)cc3s2)C(c2ccncc2)/C1=C(\O)c1ccc(F)cc1. The predicted molar refractivity (Wildman–Crippen MR) is 120 cm³/mol. The van der Waals surface area contributed by atoms with E-state index in [2.05, 4.69) is 9.97 Å². The van der Waals surface area contributed by atoms with E-state index in [4.69, 9.17) is 11.6 Å². The van der Waals surface area contributed by atoms with Gasteiger partial charge < -0.3 is 5.11 Å². The second kappa shape index (κ2) is 8.02. The van der Waals surface area contributed by atoms with Gasteiger partial charge in [0.15, 0.2) is 5.13 Å². The summed E-state index contributed by atoms with van der Waals surface area (Å²) in [6.45, 7) is 0. The van der Waals surface area contributed by atoms with Gasteiger partial charge in [0.1, 0.15) is 17.4 Å². The quantitative estimate of drug-likeness (QED) is 0.244. The molecule has 1 aliphatic rings. The molecular formula is C23H12ClF2N3O3S. The number of carbonyl (C=O) groups excluding carboxylic acids is 2. The highest BCUT2D eigenvalue weighted by Gasteiger charge is 2.48. The van der Waals surface area contributed by atoms with E-state index in [-0.39, 0.29) is 21.3 Å². The molecule has 0 saturated carbocycles. The lowest BCUT2D eigenvalue weighted by Gasteiger charge is -2.22. The molecule has 2 aromatic heterocycles. The van der Waals surface area contributed by atoms with Gasteiger partial charge in [-0.3, -0.25) is 19.5 Å². The van der Waals surface area contributed by atoms with Crippen LogP contribution in [0.1, 0.15) is 17.2 Å². The zero-order valence-electron chi connectivity index (χ0n) is 16.5. The summed E-state index contributed by atoms with van der Waals surface area (Å²) in [6.07, 6.45) is 2.97. The molecule has 0 spiro atoms. The lowest BCUT2D eigenvalue weighted by Crippen LogP contribution is -2.29. The lowest BCUT2D eigenvalue weighted by atomic mass is 9.96. The van der Waals surface area contributed by atoms with Gasteiger partial charge in [-0.15, -0.1) is 0 Å². The van der Waals surface area contributed by atoms with Crippen molar-refractivity contribution >= 4 is 55.7 Å². The van der Waals surface area contributed by atoms with Gasteiger partial charge in [-0.2, -0.15) is 0 Å². The Morgan fingerprint density at radius 1 is 1.06 bits per heavy atom. The number of Topliss-reactive ketones (excluding diaryl/α,β-unsaturated/α-hetero) is 1. The highest BCUT2D eigenvalue weighted by Crippen LogP contribution is 2.44. The monoisotopic (exact) mass is 483 g/mol. The van der Waals surface area contributed by atoms with E-state index in [1.54, 1.807) is 12.1 Å². The summed E-state index contributed by atoms with van der Waals surface area (Å²) in [5.74, 6) is -3.44. The molecule has 1 saturated heterocycles. The fraction of sp³-hybridized carbons (Fsp3) is 0.0435. The molecule has 10 heteroatoms. The summed E-state index contributed by atoms with van der Waals surface area (Å²) >= 11 is 6.86. The third-order valence-corrected chi connectivity index (χ3v) is 6.52. The zero-order chi connectivity index (χ0) is 23.3. The Morgan fingerprint density at radius 2 is 1.76 bits per heavy atom. The summed E-state index contributed by atoms with van der Waals surface area (Å²) in [4.78, 5) is 35.7. The van der Waals surface area contributed by atoms with Gasteiger partial charge in [-0.25, -0.2) is 13.8 Å². The number of benzene rings is 2. The van der Waals surface area contributed by atoms with Gasteiger partial charge >= 0.3 is 5.91 Å². The molecule has 1 atom stereocenters. The maximum absolute atomic E-state index is 13.9. The first-order valence-corrected chi connectivity index (χ1v) is 10.8. The number of hydrogen-bond acceptors (Lipinski definition) is 6. The van der Waals surface area contributed by atoms with Crippen LogP contribution in [0.4, 0.5) is 13.9 Å². The Morgan fingerprint density at radius 3 is 2.45 bits per heavy atom. The molecule has 2 aromatic carbocycles. The summed E-state index contributed by atoms with van der Waals surface area (Å²) in [6, 6.07) is 9.61. The van der Waals surface area contributed by atoms with Crippen molar-refractivity contribution in [3.63, 3.8) is 0 Å². The van der Waals surface area contributed by atoms with E-state index in [0.29, 0.717) is 15.8 Å². The molecule has 164 valence electrons. The average molecular weight is 484 g/mol. The van der Waals surface area contributed by atoms with Crippen molar-refractivity contribution < 1.29 is 23.5 Å². The zero-order valence-corrected chi connectivity index (χ0v) is 18.1. The molecule has 1 aliphatic heterocycles. The largest absolute Gasteiger partial charge is 0.507 e. The van der Waals surface area contributed by atoms with Crippen LogP contribution in [0.25, 0.3) is 16.0 Å². The predicted octanol–water partition coefficient (Wildman–Crippen LogP) is 5.25. The minimum Gasteiger partial charge on any atom is -0.507 e. The second-order valence-corrected chi connectivity index (χ2v) is 8.60. The van der Waals surface area contributed by atoms with Crippen molar-refractivity contribution in [1.82, 2.24) is 9.97 Å². The number of pyridine rings is 1. The normalized spacial score (nSPS) is 17.8. The first-order valence-electron chi connectivity index (χ1n) is 9.57. The molecule has 3 heterocycles. The molecule has 1 N–H and O–H groups in total. The second-order valence-electron chi connectivity index (χ2n) is 7.19. The number of fused-ring (bicyclic) bond motifs is 1. The van der Waals surface area contributed by atoms with Gasteiger partial charge in [0.2, 0.25) is 0 Å². The number of ketones is 1. The number of aliphatic hydroxyl groups is 1. The fourth-order valence-corrected chi connectivity index (χ4v) is 4.83. The third kappa shape index (κ3) is 3.55. The molecule has 1 fully saturated rings. The molecule has 4 aromatic rings. The molecule has 1 amide bonds. The van der Waals surface area contributed by atoms with Crippen molar-refractivity contribution in [2.75, 3.05) is 4.90 Å². The van der Waals surface area contributed by atoms with Gasteiger partial charge in [-0.1, -0.05) is 22.9 Å². The van der Waals surface area contributed by atoms with Crippen LogP contribution in [-0.4, -0.2) is 26.8 Å². The fourth-order valence-electron chi connectivity index (χ4n) is 3.67. The van der Waals surface area contributed by atoms with Crippen molar-refractivity contribution in [3.05, 3.63) is 94.3 Å². The minimum atomic E-state index is -1.03. The number of aromatic nitrogens is 2. The Labute approximate surface area is 194 Å². The van der Waals surface area contributed by atoms with Crippen LogP contribution in [0.3, 0.4) is 0 Å². The topological polar surface area (TPSA) is 83.4 Å². The molecule has 5 rings (SSSR count). The standard InChI is InChI=1S/C23H12ClF2N3O3S/c24-14-9-16-17(10-15(14)26)33-23(28-16)29-19(11-5-7-27-8-6-11)18(21(31)22(29)32)20(30)12-1-3-13(25)4-2-12/h1-10,19,30H/b20-18+. The van der Waals surface area contributed by atoms with E-state index in [9.17, 15) is 23.5 Å². The van der Waals surface area contributed by atoms with Crippen molar-refractivity contribution in [1.29, 1.82) is 0 Å². The Balaban J connectivity index is 1.72. The van der Waals surface area contributed by atoms with E-state index < -0.39 is 35.1 Å². The van der Waals surface area contributed by atoms with Gasteiger partial charge in [0.05, 0.1) is 26.9 Å². The van der Waals surface area contributed by atoms with Crippen molar-refractivity contribution in [3.8, 4) is 0 Å². The molecular weight excluding hydrogens is 472 g/mol. The van der Waals surface area contributed by atoms with Gasteiger partial charge in [0, 0.05) is 18.0 Å². The number of thiazole rings is 1. The van der Waals surface area contributed by atoms with Crippen LogP contribution in [0, 0.1) is 11.6 Å². The van der Waals surface area contributed by atoms with Crippen LogP contribution in [0.5, 0.6) is 0 Å². The van der Waals surface area contributed by atoms with Gasteiger partial charge in [-0.05, 0) is 54.1 Å². The van der Waals surface area contributed by atoms with Gasteiger partial charge in [0.25, 0.3) is 5.78 Å². The van der Waals surface area contributed by atoms with Crippen LogP contribution < -0.4 is 4.90 Å². The highest BCUT2D eigenvalue weighted by molar-refractivity contribution is 7.22. The van der Waals surface area contributed by atoms with E-state index in [0.717, 1.165) is 28.4 Å². The summed E-state index contributed by atoms with van der Waals surface area (Å²) in [5, 5.41) is 11.0. The molecule has 1 unspecified atom stereocenters. The smallest absolute Gasteiger partial charge is 0.301 e. The molecule has 0 bridgehead atoms. The molecule has 0 aliphatic carbocycles. The number of halogens is 3. The molecule has 6 nitrogen and oxygen atoms in total. The number of hydrogen-bond donors (Lipinski definition) is 1. The van der Waals surface area contributed by atoms with Crippen LogP contribution in [0.2, 0.25) is 5.02 Å². The Kier molecular flexibility index (Phi) is 5.15.